The fourth-order valence-electron chi connectivity index (χ4n) is 4.02. The molecule has 1 aromatic rings. The van der Waals surface area contributed by atoms with Gasteiger partial charge in [0.05, 0.1) is 17.5 Å². The van der Waals surface area contributed by atoms with Crippen LogP contribution in [0.2, 0.25) is 0 Å². The minimum atomic E-state index is 0.246. The summed E-state index contributed by atoms with van der Waals surface area (Å²) in [5.74, 6) is 1.35. The highest BCUT2D eigenvalue weighted by Gasteiger charge is 2.50. The second kappa shape index (κ2) is 7.50. The number of allylic oxidation sites excluding steroid dienone is 1. The first kappa shape index (κ1) is 17.1. The molecule has 0 N–H and O–H groups in total. The SMILES string of the molecule is O=C(CC1=CCCCC1)N1CC2(C[C@H](OCc3cccnc3)CS2)C1. The highest BCUT2D eigenvalue weighted by molar-refractivity contribution is 8.01. The fraction of sp³-hybridized carbons (Fsp3) is 0.600. The van der Waals surface area contributed by atoms with Crippen LogP contribution in [0.3, 0.4) is 0 Å². The summed E-state index contributed by atoms with van der Waals surface area (Å²) in [7, 11) is 0. The van der Waals surface area contributed by atoms with E-state index in [1.54, 1.807) is 6.20 Å². The van der Waals surface area contributed by atoms with E-state index in [-0.39, 0.29) is 4.75 Å². The predicted molar refractivity (Wildman–Crippen MR) is 100 cm³/mol. The van der Waals surface area contributed by atoms with E-state index >= 15 is 0 Å². The van der Waals surface area contributed by atoms with Crippen molar-refractivity contribution in [2.45, 2.75) is 56.0 Å². The maximum absolute atomic E-state index is 12.5. The summed E-state index contributed by atoms with van der Waals surface area (Å²) >= 11 is 1.99. The van der Waals surface area contributed by atoms with Crippen LogP contribution in [0, 0.1) is 0 Å². The number of pyridine rings is 1. The van der Waals surface area contributed by atoms with Crippen molar-refractivity contribution in [3.05, 3.63) is 41.7 Å². The zero-order valence-corrected chi connectivity index (χ0v) is 15.5. The van der Waals surface area contributed by atoms with Gasteiger partial charge in [-0.15, -0.1) is 11.8 Å². The van der Waals surface area contributed by atoms with Gasteiger partial charge in [-0.3, -0.25) is 9.78 Å². The summed E-state index contributed by atoms with van der Waals surface area (Å²) in [6.07, 6.45) is 12.7. The molecule has 1 aliphatic carbocycles. The zero-order chi connectivity index (χ0) is 17.1. The van der Waals surface area contributed by atoms with Crippen molar-refractivity contribution in [2.75, 3.05) is 18.8 Å². The second-order valence-corrected chi connectivity index (χ2v) is 9.02. The summed E-state index contributed by atoms with van der Waals surface area (Å²) in [4.78, 5) is 18.6. The normalized spacial score (nSPS) is 24.9. The number of carbonyl (C=O) groups is 1. The van der Waals surface area contributed by atoms with E-state index < -0.39 is 0 Å². The molecule has 134 valence electrons. The van der Waals surface area contributed by atoms with E-state index in [1.807, 2.05) is 28.9 Å². The van der Waals surface area contributed by atoms with Crippen LogP contribution in [0.5, 0.6) is 0 Å². The minimum Gasteiger partial charge on any atom is -0.373 e. The standard InChI is InChI=1S/C20H26N2O2S/c23-19(9-16-5-2-1-3-6-16)22-14-20(15-22)10-18(13-25-20)24-12-17-7-4-8-21-11-17/h4-5,7-8,11,18H,1-3,6,9-10,12-15H2/t18-/m0/s1. The molecular formula is C20H26N2O2S. The van der Waals surface area contributed by atoms with Crippen molar-refractivity contribution in [1.29, 1.82) is 0 Å². The van der Waals surface area contributed by atoms with Gasteiger partial charge in [0, 0.05) is 37.7 Å². The van der Waals surface area contributed by atoms with Gasteiger partial charge in [-0.25, -0.2) is 0 Å². The molecule has 0 saturated carbocycles. The number of hydrogen-bond donors (Lipinski definition) is 0. The van der Waals surface area contributed by atoms with Crippen LogP contribution in [-0.4, -0.2) is 45.5 Å². The average Bonchev–Trinajstić information content (AvgIpc) is 3.05. The van der Waals surface area contributed by atoms with Gasteiger partial charge in [-0.1, -0.05) is 17.7 Å². The molecular weight excluding hydrogens is 332 g/mol. The molecule has 1 amide bonds. The van der Waals surface area contributed by atoms with Crippen molar-refractivity contribution in [1.82, 2.24) is 9.88 Å². The molecule has 4 nitrogen and oxygen atoms in total. The Morgan fingerprint density at radius 2 is 2.32 bits per heavy atom. The fourth-order valence-corrected chi connectivity index (χ4v) is 5.58. The lowest BCUT2D eigenvalue weighted by molar-refractivity contribution is -0.136. The molecule has 1 atom stereocenters. The van der Waals surface area contributed by atoms with Crippen LogP contribution in [0.15, 0.2) is 36.2 Å². The summed E-state index contributed by atoms with van der Waals surface area (Å²) in [6, 6.07) is 4.00. The van der Waals surface area contributed by atoms with Gasteiger partial charge in [0.1, 0.15) is 0 Å². The first-order valence-corrected chi connectivity index (χ1v) is 10.3. The molecule has 25 heavy (non-hydrogen) atoms. The first-order chi connectivity index (χ1) is 12.2. The monoisotopic (exact) mass is 358 g/mol. The van der Waals surface area contributed by atoms with E-state index in [0.29, 0.717) is 25.0 Å². The Labute approximate surface area is 154 Å². The quantitative estimate of drug-likeness (QED) is 0.755. The molecule has 4 rings (SSSR count). The third kappa shape index (κ3) is 4.09. The molecule has 2 fully saturated rings. The average molecular weight is 359 g/mol. The van der Waals surface area contributed by atoms with E-state index in [2.05, 4.69) is 17.1 Å². The molecule has 1 spiro atoms. The van der Waals surface area contributed by atoms with Gasteiger partial charge in [0.25, 0.3) is 0 Å². The minimum absolute atomic E-state index is 0.246. The first-order valence-electron chi connectivity index (χ1n) is 9.33. The van der Waals surface area contributed by atoms with Gasteiger partial charge >= 0.3 is 0 Å². The number of likely N-dealkylation sites (tertiary alicyclic amines) is 1. The van der Waals surface area contributed by atoms with E-state index in [1.165, 1.54) is 18.4 Å². The summed E-state index contributed by atoms with van der Waals surface area (Å²) in [5, 5.41) is 0. The molecule has 0 unspecified atom stereocenters. The Morgan fingerprint density at radius 1 is 1.40 bits per heavy atom. The largest absolute Gasteiger partial charge is 0.373 e. The Hall–Kier alpha value is -1.33. The van der Waals surface area contributed by atoms with Crippen LogP contribution in [0.4, 0.5) is 0 Å². The van der Waals surface area contributed by atoms with E-state index in [0.717, 1.165) is 43.7 Å². The number of rotatable bonds is 5. The lowest BCUT2D eigenvalue weighted by atomic mass is 9.91. The Bertz CT molecular complexity index is 640. The third-order valence-corrected chi connectivity index (χ3v) is 7.03. The number of nitrogens with zero attached hydrogens (tertiary/aromatic N) is 2. The van der Waals surface area contributed by atoms with Crippen molar-refractivity contribution in [3.63, 3.8) is 0 Å². The molecule has 0 aromatic carbocycles. The van der Waals surface area contributed by atoms with Gasteiger partial charge in [0.15, 0.2) is 0 Å². The van der Waals surface area contributed by atoms with Crippen molar-refractivity contribution in [2.24, 2.45) is 0 Å². The lowest BCUT2D eigenvalue weighted by Crippen LogP contribution is -2.60. The van der Waals surface area contributed by atoms with Crippen molar-refractivity contribution >= 4 is 17.7 Å². The summed E-state index contributed by atoms with van der Waals surface area (Å²) in [5.41, 5.74) is 2.48. The molecule has 1 aromatic heterocycles. The molecule has 0 bridgehead atoms. The zero-order valence-electron chi connectivity index (χ0n) is 14.7. The summed E-state index contributed by atoms with van der Waals surface area (Å²) < 4.78 is 6.31. The Morgan fingerprint density at radius 3 is 3.08 bits per heavy atom. The van der Waals surface area contributed by atoms with Crippen LogP contribution in [0.1, 0.15) is 44.1 Å². The van der Waals surface area contributed by atoms with Gasteiger partial charge in [-0.05, 0) is 43.7 Å². The van der Waals surface area contributed by atoms with Gasteiger partial charge in [0.2, 0.25) is 5.91 Å². The maximum Gasteiger partial charge on any atom is 0.226 e. The third-order valence-electron chi connectivity index (χ3n) is 5.46. The van der Waals surface area contributed by atoms with Crippen molar-refractivity contribution < 1.29 is 9.53 Å². The van der Waals surface area contributed by atoms with Gasteiger partial charge < -0.3 is 9.64 Å². The molecule has 2 aliphatic heterocycles. The second-order valence-electron chi connectivity index (χ2n) is 7.53. The highest BCUT2D eigenvalue weighted by atomic mass is 32.2. The number of thioether (sulfide) groups is 1. The highest BCUT2D eigenvalue weighted by Crippen LogP contribution is 2.46. The Kier molecular flexibility index (Phi) is 5.13. The predicted octanol–water partition coefficient (Wildman–Crippen LogP) is 3.58. The van der Waals surface area contributed by atoms with Gasteiger partial charge in [-0.2, -0.15) is 0 Å². The Balaban J connectivity index is 1.21. The molecule has 2 saturated heterocycles. The topological polar surface area (TPSA) is 42.4 Å². The smallest absolute Gasteiger partial charge is 0.226 e. The van der Waals surface area contributed by atoms with Crippen molar-refractivity contribution in [3.8, 4) is 0 Å². The number of ether oxygens (including phenoxy) is 1. The molecule has 0 radical (unpaired) electrons. The lowest BCUT2D eigenvalue weighted by Gasteiger charge is -2.47. The maximum atomic E-state index is 12.5. The number of carbonyl (C=O) groups excluding carboxylic acids is 1. The van der Waals surface area contributed by atoms with Crippen LogP contribution in [0.25, 0.3) is 0 Å². The van der Waals surface area contributed by atoms with Crippen LogP contribution >= 0.6 is 11.8 Å². The number of aromatic nitrogens is 1. The van der Waals surface area contributed by atoms with E-state index in [9.17, 15) is 4.79 Å². The number of hydrogen-bond acceptors (Lipinski definition) is 4. The van der Waals surface area contributed by atoms with Crippen LogP contribution < -0.4 is 0 Å². The molecule has 3 heterocycles. The number of amides is 1. The molecule has 3 aliphatic rings. The molecule has 5 heteroatoms. The summed E-state index contributed by atoms with van der Waals surface area (Å²) in [6.45, 7) is 2.43. The van der Waals surface area contributed by atoms with Crippen LogP contribution in [-0.2, 0) is 16.1 Å². The van der Waals surface area contributed by atoms with E-state index in [4.69, 9.17) is 4.74 Å².